The second kappa shape index (κ2) is 5.63. The van der Waals surface area contributed by atoms with Gasteiger partial charge in [-0.05, 0) is 36.9 Å². The smallest absolute Gasteiger partial charge is 0.111 e. The first-order chi connectivity index (χ1) is 10.3. The molecule has 1 aromatic heterocycles. The molecule has 0 bridgehead atoms. The van der Waals surface area contributed by atoms with Gasteiger partial charge in [0.05, 0.1) is 22.3 Å². The summed E-state index contributed by atoms with van der Waals surface area (Å²) >= 11 is 1.69. The van der Waals surface area contributed by atoms with Gasteiger partial charge in [0.15, 0.2) is 0 Å². The van der Waals surface area contributed by atoms with Gasteiger partial charge in [-0.15, -0.1) is 11.8 Å². The number of nitriles is 1. The van der Waals surface area contributed by atoms with Crippen LogP contribution in [0.1, 0.15) is 18.3 Å². The Morgan fingerprint density at radius 2 is 2.00 bits per heavy atom. The van der Waals surface area contributed by atoms with E-state index in [0.717, 1.165) is 38.8 Å². The maximum Gasteiger partial charge on any atom is 0.111 e. The Morgan fingerprint density at radius 3 is 2.76 bits per heavy atom. The standard InChI is InChI=1S/C17H15N3S/c1-3-21-17-10-6-9-15(13(17)11-18)20-12(2)19-14-7-4-5-8-16(14)20/h4-10H,3H2,1-2H3. The van der Waals surface area contributed by atoms with Gasteiger partial charge in [0.25, 0.3) is 0 Å². The van der Waals surface area contributed by atoms with Crippen LogP contribution in [-0.4, -0.2) is 15.3 Å². The molecule has 2 aromatic carbocycles. The molecule has 0 atom stereocenters. The number of aromatic nitrogens is 2. The van der Waals surface area contributed by atoms with Crippen molar-refractivity contribution in [1.82, 2.24) is 9.55 Å². The van der Waals surface area contributed by atoms with Crippen LogP contribution >= 0.6 is 11.8 Å². The van der Waals surface area contributed by atoms with Crippen molar-refractivity contribution in [3.8, 4) is 11.8 Å². The number of benzene rings is 2. The quantitative estimate of drug-likeness (QED) is 0.675. The summed E-state index contributed by atoms with van der Waals surface area (Å²) in [5.41, 5.74) is 3.61. The molecule has 0 amide bonds. The summed E-state index contributed by atoms with van der Waals surface area (Å²) in [6.45, 7) is 4.07. The Morgan fingerprint density at radius 1 is 1.19 bits per heavy atom. The van der Waals surface area contributed by atoms with Gasteiger partial charge in [0, 0.05) is 4.90 Å². The Bertz CT molecular complexity index is 843. The molecule has 0 saturated carbocycles. The van der Waals surface area contributed by atoms with E-state index in [1.54, 1.807) is 11.8 Å². The minimum atomic E-state index is 0.718. The summed E-state index contributed by atoms with van der Waals surface area (Å²) in [7, 11) is 0. The number of thioether (sulfide) groups is 1. The maximum absolute atomic E-state index is 9.59. The number of nitrogens with zero attached hydrogens (tertiary/aromatic N) is 3. The topological polar surface area (TPSA) is 41.6 Å². The number of rotatable bonds is 3. The zero-order chi connectivity index (χ0) is 14.8. The highest BCUT2D eigenvalue weighted by Gasteiger charge is 2.14. The van der Waals surface area contributed by atoms with E-state index in [2.05, 4.69) is 22.5 Å². The Hall–Kier alpha value is -2.25. The molecule has 0 saturated heterocycles. The van der Waals surface area contributed by atoms with E-state index >= 15 is 0 Å². The van der Waals surface area contributed by atoms with Crippen LogP contribution in [0.2, 0.25) is 0 Å². The molecule has 0 spiro atoms. The summed E-state index contributed by atoms with van der Waals surface area (Å²) in [4.78, 5) is 5.61. The van der Waals surface area contributed by atoms with Gasteiger partial charge in [0.2, 0.25) is 0 Å². The fourth-order valence-electron chi connectivity index (χ4n) is 2.54. The van der Waals surface area contributed by atoms with E-state index in [9.17, 15) is 5.26 Å². The highest BCUT2D eigenvalue weighted by Crippen LogP contribution is 2.30. The van der Waals surface area contributed by atoms with Crippen molar-refractivity contribution in [2.45, 2.75) is 18.7 Å². The van der Waals surface area contributed by atoms with Crippen LogP contribution in [0.3, 0.4) is 0 Å². The van der Waals surface area contributed by atoms with Gasteiger partial charge in [-0.3, -0.25) is 4.57 Å². The van der Waals surface area contributed by atoms with Gasteiger partial charge in [-0.2, -0.15) is 5.26 Å². The fraction of sp³-hybridized carbons (Fsp3) is 0.176. The van der Waals surface area contributed by atoms with Gasteiger partial charge in [-0.25, -0.2) is 4.98 Å². The first-order valence-electron chi connectivity index (χ1n) is 6.86. The highest BCUT2D eigenvalue weighted by molar-refractivity contribution is 7.99. The number of fused-ring (bicyclic) bond motifs is 1. The molecular weight excluding hydrogens is 278 g/mol. The summed E-state index contributed by atoms with van der Waals surface area (Å²) in [6.07, 6.45) is 0. The second-order valence-corrected chi connectivity index (χ2v) is 5.98. The zero-order valence-corrected chi connectivity index (χ0v) is 12.8. The molecule has 3 rings (SSSR count). The van der Waals surface area contributed by atoms with Crippen LogP contribution in [-0.2, 0) is 0 Å². The van der Waals surface area contributed by atoms with E-state index in [0.29, 0.717) is 0 Å². The van der Waals surface area contributed by atoms with Crippen LogP contribution in [0, 0.1) is 18.3 Å². The van der Waals surface area contributed by atoms with E-state index in [-0.39, 0.29) is 0 Å². The average Bonchev–Trinajstić information content (AvgIpc) is 2.83. The van der Waals surface area contributed by atoms with Crippen LogP contribution in [0.25, 0.3) is 16.7 Å². The largest absolute Gasteiger partial charge is 0.295 e. The summed E-state index contributed by atoms with van der Waals surface area (Å²) in [5.74, 6) is 1.84. The van der Waals surface area contributed by atoms with Crippen LogP contribution in [0.4, 0.5) is 0 Å². The molecule has 0 aliphatic heterocycles. The third-order valence-corrected chi connectivity index (χ3v) is 4.33. The van der Waals surface area contributed by atoms with Crippen molar-refractivity contribution >= 4 is 22.8 Å². The molecular formula is C17H15N3S. The fourth-order valence-corrected chi connectivity index (χ4v) is 3.32. The zero-order valence-electron chi connectivity index (χ0n) is 12.0. The van der Waals surface area contributed by atoms with Gasteiger partial charge >= 0.3 is 0 Å². The van der Waals surface area contributed by atoms with Gasteiger partial charge in [-0.1, -0.05) is 25.1 Å². The van der Waals surface area contributed by atoms with Crippen LogP contribution < -0.4 is 0 Å². The van der Waals surface area contributed by atoms with Crippen molar-refractivity contribution in [3.63, 3.8) is 0 Å². The van der Waals surface area contributed by atoms with E-state index in [1.807, 2.05) is 49.4 Å². The average molecular weight is 293 g/mol. The lowest BCUT2D eigenvalue weighted by Gasteiger charge is -2.11. The molecule has 0 radical (unpaired) electrons. The van der Waals surface area contributed by atoms with Crippen molar-refractivity contribution in [2.24, 2.45) is 0 Å². The Kier molecular flexibility index (Phi) is 3.68. The number of aryl methyl sites for hydroxylation is 1. The lowest BCUT2D eigenvalue weighted by atomic mass is 10.2. The number of hydrogen-bond acceptors (Lipinski definition) is 3. The predicted octanol–water partition coefficient (Wildman–Crippen LogP) is 4.32. The van der Waals surface area contributed by atoms with E-state index in [4.69, 9.17) is 0 Å². The lowest BCUT2D eigenvalue weighted by Crippen LogP contribution is -2.01. The van der Waals surface area contributed by atoms with E-state index < -0.39 is 0 Å². The molecule has 0 fully saturated rings. The molecule has 0 aliphatic carbocycles. The normalized spacial score (nSPS) is 10.7. The molecule has 3 aromatic rings. The molecule has 4 heteroatoms. The predicted molar refractivity (Wildman–Crippen MR) is 86.9 cm³/mol. The molecule has 0 unspecified atom stereocenters. The maximum atomic E-state index is 9.59. The molecule has 3 nitrogen and oxygen atoms in total. The molecule has 104 valence electrons. The van der Waals surface area contributed by atoms with Crippen molar-refractivity contribution < 1.29 is 0 Å². The van der Waals surface area contributed by atoms with Crippen molar-refractivity contribution in [2.75, 3.05) is 5.75 Å². The number of imidazole rings is 1. The minimum Gasteiger partial charge on any atom is -0.295 e. The summed E-state index contributed by atoms with van der Waals surface area (Å²) in [5, 5.41) is 9.59. The summed E-state index contributed by atoms with van der Waals surface area (Å²) < 4.78 is 2.06. The Balaban J connectivity index is 2.31. The number of hydrogen-bond donors (Lipinski definition) is 0. The molecule has 0 N–H and O–H groups in total. The van der Waals surface area contributed by atoms with Crippen LogP contribution in [0.15, 0.2) is 47.4 Å². The Labute approximate surface area is 128 Å². The van der Waals surface area contributed by atoms with Gasteiger partial charge < -0.3 is 0 Å². The van der Waals surface area contributed by atoms with E-state index in [1.165, 1.54) is 0 Å². The van der Waals surface area contributed by atoms with Crippen molar-refractivity contribution in [1.29, 1.82) is 5.26 Å². The number of para-hydroxylation sites is 2. The monoisotopic (exact) mass is 293 g/mol. The first kappa shape index (κ1) is 13.7. The van der Waals surface area contributed by atoms with Gasteiger partial charge in [0.1, 0.15) is 11.9 Å². The lowest BCUT2D eigenvalue weighted by molar-refractivity contribution is 0.990. The van der Waals surface area contributed by atoms with Crippen molar-refractivity contribution in [3.05, 3.63) is 53.9 Å². The first-order valence-corrected chi connectivity index (χ1v) is 7.85. The third-order valence-electron chi connectivity index (χ3n) is 3.39. The third kappa shape index (κ3) is 2.30. The summed E-state index contributed by atoms with van der Waals surface area (Å²) in [6, 6.07) is 16.4. The molecule has 21 heavy (non-hydrogen) atoms. The highest BCUT2D eigenvalue weighted by atomic mass is 32.2. The van der Waals surface area contributed by atoms with Crippen LogP contribution in [0.5, 0.6) is 0 Å². The SMILES string of the molecule is CCSc1cccc(-n2c(C)nc3ccccc32)c1C#N. The minimum absolute atomic E-state index is 0.718. The second-order valence-electron chi connectivity index (χ2n) is 4.68. The molecule has 1 heterocycles. The molecule has 0 aliphatic rings.